The topological polar surface area (TPSA) is 46.9 Å². The van der Waals surface area contributed by atoms with Crippen LogP contribution in [0, 0.1) is 13.8 Å². The third-order valence-electron chi connectivity index (χ3n) is 4.27. The van der Waals surface area contributed by atoms with Gasteiger partial charge in [0.2, 0.25) is 5.91 Å². The number of benzene rings is 2. The zero-order chi connectivity index (χ0) is 17.6. The molecule has 0 aliphatic heterocycles. The number of amides is 1. The van der Waals surface area contributed by atoms with Crippen molar-refractivity contribution in [3.63, 3.8) is 0 Å². The van der Waals surface area contributed by atoms with Crippen LogP contribution in [-0.4, -0.2) is 15.7 Å². The van der Waals surface area contributed by atoms with Crippen LogP contribution in [0.2, 0.25) is 0 Å². The summed E-state index contributed by atoms with van der Waals surface area (Å²) < 4.78 is 1.82. The number of aromatic nitrogens is 2. The Kier molecular flexibility index (Phi) is 5.29. The van der Waals surface area contributed by atoms with Crippen molar-refractivity contribution < 1.29 is 4.79 Å². The van der Waals surface area contributed by atoms with Crippen molar-refractivity contribution in [1.82, 2.24) is 15.1 Å². The molecule has 1 amide bonds. The highest BCUT2D eigenvalue weighted by atomic mass is 16.1. The van der Waals surface area contributed by atoms with E-state index in [1.807, 2.05) is 41.2 Å². The molecule has 0 unspecified atom stereocenters. The summed E-state index contributed by atoms with van der Waals surface area (Å²) in [6.45, 7) is 4.68. The van der Waals surface area contributed by atoms with Crippen molar-refractivity contribution >= 4 is 5.91 Å². The first-order chi connectivity index (χ1) is 12.1. The molecule has 0 atom stereocenters. The van der Waals surface area contributed by atoms with E-state index < -0.39 is 0 Å². The second kappa shape index (κ2) is 7.79. The highest BCUT2D eigenvalue weighted by molar-refractivity contribution is 5.76. The maximum atomic E-state index is 12.1. The summed E-state index contributed by atoms with van der Waals surface area (Å²) in [5.41, 5.74) is 5.73. The van der Waals surface area contributed by atoms with E-state index in [0.717, 1.165) is 17.7 Å². The molecule has 0 saturated carbocycles. The minimum absolute atomic E-state index is 0.0624. The molecule has 1 heterocycles. The van der Waals surface area contributed by atoms with Gasteiger partial charge in [0.25, 0.3) is 0 Å². The molecule has 0 fully saturated rings. The average Bonchev–Trinajstić information content (AvgIpc) is 3.09. The lowest BCUT2D eigenvalue weighted by atomic mass is 10.0. The summed E-state index contributed by atoms with van der Waals surface area (Å²) in [4.78, 5) is 12.1. The van der Waals surface area contributed by atoms with Gasteiger partial charge in [-0.05, 0) is 43.5 Å². The number of hydrogen-bond acceptors (Lipinski definition) is 2. The molecule has 4 heteroatoms. The summed E-state index contributed by atoms with van der Waals surface area (Å²) >= 11 is 0. The van der Waals surface area contributed by atoms with Crippen molar-refractivity contribution in [3.8, 4) is 5.69 Å². The molecule has 0 saturated heterocycles. The number of para-hydroxylation sites is 1. The van der Waals surface area contributed by atoms with E-state index in [0.29, 0.717) is 13.0 Å². The molecule has 0 aliphatic carbocycles. The highest BCUT2D eigenvalue weighted by Crippen LogP contribution is 2.12. The number of nitrogens with zero attached hydrogens (tertiary/aromatic N) is 2. The van der Waals surface area contributed by atoms with Crippen LogP contribution >= 0.6 is 0 Å². The Bertz CT molecular complexity index is 853. The summed E-state index contributed by atoms with van der Waals surface area (Å²) in [7, 11) is 0. The van der Waals surface area contributed by atoms with Crippen LogP contribution in [0.3, 0.4) is 0 Å². The molecular weight excluding hydrogens is 310 g/mol. The monoisotopic (exact) mass is 333 g/mol. The van der Waals surface area contributed by atoms with Crippen molar-refractivity contribution in [2.75, 3.05) is 0 Å². The molecule has 0 aliphatic rings. The van der Waals surface area contributed by atoms with E-state index in [-0.39, 0.29) is 5.91 Å². The lowest BCUT2D eigenvalue weighted by Gasteiger charge is -2.07. The van der Waals surface area contributed by atoms with Gasteiger partial charge in [-0.25, -0.2) is 4.68 Å². The van der Waals surface area contributed by atoms with Gasteiger partial charge in [0.1, 0.15) is 0 Å². The molecular formula is C21H23N3O. The minimum Gasteiger partial charge on any atom is -0.352 e. The number of nitrogens with one attached hydrogen (secondary N) is 1. The van der Waals surface area contributed by atoms with Gasteiger partial charge in [-0.1, -0.05) is 42.0 Å². The first kappa shape index (κ1) is 17.0. The predicted octanol–water partition coefficient (Wildman–Crippen LogP) is 3.74. The van der Waals surface area contributed by atoms with Crippen LogP contribution in [0.1, 0.15) is 28.7 Å². The summed E-state index contributed by atoms with van der Waals surface area (Å²) in [6, 6.07) is 16.3. The van der Waals surface area contributed by atoms with Gasteiger partial charge in [0, 0.05) is 24.7 Å². The molecule has 1 N–H and O–H groups in total. The van der Waals surface area contributed by atoms with Crippen LogP contribution < -0.4 is 5.32 Å². The zero-order valence-corrected chi connectivity index (χ0v) is 14.7. The third-order valence-corrected chi connectivity index (χ3v) is 4.27. The minimum atomic E-state index is 0.0624. The predicted molar refractivity (Wildman–Crippen MR) is 99.6 cm³/mol. The standard InChI is InChI=1S/C21H23N3O/c1-16-8-9-19(17(2)12-16)10-11-21(25)22-13-18-14-23-24(15-18)20-6-4-3-5-7-20/h3-9,12,14-15H,10-11,13H2,1-2H3,(H,22,25). The largest absolute Gasteiger partial charge is 0.352 e. The SMILES string of the molecule is Cc1ccc(CCC(=O)NCc2cnn(-c3ccccc3)c2)c(C)c1. The van der Waals surface area contributed by atoms with Crippen LogP contribution in [0.5, 0.6) is 0 Å². The summed E-state index contributed by atoms with van der Waals surface area (Å²) in [5, 5.41) is 7.32. The van der Waals surface area contributed by atoms with Crippen molar-refractivity contribution in [2.24, 2.45) is 0 Å². The van der Waals surface area contributed by atoms with Crippen molar-refractivity contribution in [3.05, 3.63) is 83.2 Å². The quantitative estimate of drug-likeness (QED) is 0.747. The van der Waals surface area contributed by atoms with Crippen LogP contribution in [0.25, 0.3) is 5.69 Å². The second-order valence-corrected chi connectivity index (χ2v) is 6.34. The first-order valence-corrected chi connectivity index (χ1v) is 8.53. The maximum Gasteiger partial charge on any atom is 0.220 e. The smallest absolute Gasteiger partial charge is 0.220 e. The van der Waals surface area contributed by atoms with E-state index >= 15 is 0 Å². The van der Waals surface area contributed by atoms with Crippen molar-refractivity contribution in [2.45, 2.75) is 33.2 Å². The number of hydrogen-bond donors (Lipinski definition) is 1. The van der Waals surface area contributed by atoms with E-state index in [9.17, 15) is 4.79 Å². The zero-order valence-electron chi connectivity index (χ0n) is 14.7. The van der Waals surface area contributed by atoms with Gasteiger partial charge in [-0.2, -0.15) is 5.10 Å². The Hall–Kier alpha value is -2.88. The Morgan fingerprint density at radius 2 is 1.92 bits per heavy atom. The molecule has 128 valence electrons. The first-order valence-electron chi connectivity index (χ1n) is 8.53. The molecule has 2 aromatic carbocycles. The molecule has 0 radical (unpaired) electrons. The van der Waals surface area contributed by atoms with E-state index in [2.05, 4.69) is 42.5 Å². The van der Waals surface area contributed by atoms with Crippen LogP contribution in [0.15, 0.2) is 60.9 Å². The lowest BCUT2D eigenvalue weighted by Crippen LogP contribution is -2.22. The number of rotatable bonds is 6. The van der Waals surface area contributed by atoms with E-state index in [4.69, 9.17) is 0 Å². The van der Waals surface area contributed by atoms with Gasteiger partial charge in [0.15, 0.2) is 0 Å². The molecule has 0 bridgehead atoms. The van der Waals surface area contributed by atoms with E-state index in [1.54, 1.807) is 6.20 Å². The van der Waals surface area contributed by atoms with Gasteiger partial charge < -0.3 is 5.32 Å². The lowest BCUT2D eigenvalue weighted by molar-refractivity contribution is -0.121. The molecule has 1 aromatic heterocycles. The molecule has 25 heavy (non-hydrogen) atoms. The van der Waals surface area contributed by atoms with Crippen molar-refractivity contribution in [1.29, 1.82) is 0 Å². The number of carbonyl (C=O) groups is 1. The van der Waals surface area contributed by atoms with Gasteiger partial charge in [0.05, 0.1) is 11.9 Å². The molecule has 0 spiro atoms. The summed E-state index contributed by atoms with van der Waals surface area (Å²) in [6.07, 6.45) is 5.00. The fourth-order valence-corrected chi connectivity index (χ4v) is 2.84. The fourth-order valence-electron chi connectivity index (χ4n) is 2.84. The average molecular weight is 333 g/mol. The Labute approximate surface area is 148 Å². The molecule has 3 aromatic rings. The summed E-state index contributed by atoms with van der Waals surface area (Å²) in [5.74, 6) is 0.0624. The Morgan fingerprint density at radius 1 is 1.12 bits per heavy atom. The maximum absolute atomic E-state index is 12.1. The fraction of sp³-hybridized carbons (Fsp3) is 0.238. The normalized spacial score (nSPS) is 10.6. The van der Waals surface area contributed by atoms with Gasteiger partial charge >= 0.3 is 0 Å². The van der Waals surface area contributed by atoms with Crippen LogP contribution in [0.4, 0.5) is 0 Å². The third kappa shape index (κ3) is 4.57. The van der Waals surface area contributed by atoms with Gasteiger partial charge in [-0.3, -0.25) is 4.79 Å². The molecule has 3 rings (SSSR count). The van der Waals surface area contributed by atoms with Gasteiger partial charge in [-0.15, -0.1) is 0 Å². The number of aryl methyl sites for hydroxylation is 3. The Morgan fingerprint density at radius 3 is 2.68 bits per heavy atom. The van der Waals surface area contributed by atoms with Crippen LogP contribution in [-0.2, 0) is 17.8 Å². The van der Waals surface area contributed by atoms with E-state index in [1.165, 1.54) is 16.7 Å². The highest BCUT2D eigenvalue weighted by Gasteiger charge is 2.06. The Balaban J connectivity index is 1.50. The molecule has 4 nitrogen and oxygen atoms in total. The second-order valence-electron chi connectivity index (χ2n) is 6.34. The number of carbonyl (C=O) groups excluding carboxylic acids is 1.